The normalized spacial score (nSPS) is 27.2. The van der Waals surface area contributed by atoms with Crippen LogP contribution in [0.15, 0.2) is 0 Å². The Kier molecular flexibility index (Phi) is 4.35. The fraction of sp³-hybridized carbons (Fsp3) is 1.00. The lowest BCUT2D eigenvalue weighted by Crippen LogP contribution is -2.48. The second kappa shape index (κ2) is 5.10. The molecule has 1 aliphatic heterocycles. The van der Waals surface area contributed by atoms with Crippen LogP contribution in [0.3, 0.4) is 0 Å². The largest absolute Gasteiger partial charge is 0.393 e. The van der Waals surface area contributed by atoms with Gasteiger partial charge < -0.3 is 10.8 Å². The first-order chi connectivity index (χ1) is 6.52. The van der Waals surface area contributed by atoms with E-state index >= 15 is 0 Å². The molecule has 3 atom stereocenters. The van der Waals surface area contributed by atoms with Crippen molar-refractivity contribution in [3.05, 3.63) is 0 Å². The van der Waals surface area contributed by atoms with Crippen molar-refractivity contribution in [1.29, 1.82) is 0 Å². The molecule has 0 aromatic rings. The summed E-state index contributed by atoms with van der Waals surface area (Å²) >= 11 is 0. The summed E-state index contributed by atoms with van der Waals surface area (Å²) in [5.41, 5.74) is 5.87. The first-order valence-electron chi connectivity index (χ1n) is 5.70. The molecule has 1 fully saturated rings. The zero-order valence-corrected chi connectivity index (χ0v) is 9.61. The Morgan fingerprint density at radius 3 is 2.07 bits per heavy atom. The summed E-state index contributed by atoms with van der Waals surface area (Å²) in [4.78, 5) is 2.43. The predicted octanol–water partition coefficient (Wildman–Crippen LogP) is 0.815. The summed E-state index contributed by atoms with van der Waals surface area (Å²) < 4.78 is 0. The Hall–Kier alpha value is -0.120. The first kappa shape index (κ1) is 12.0. The standard InChI is InChI=1S/C11H24N2O/c1-8(12)9(2)13-6-4-11(5-7-13)10(3)14/h8-11,14H,4-7,12H2,1-3H3. The van der Waals surface area contributed by atoms with E-state index in [-0.39, 0.29) is 12.1 Å². The summed E-state index contributed by atoms with van der Waals surface area (Å²) in [6.07, 6.45) is 2.06. The minimum absolute atomic E-state index is 0.150. The summed E-state index contributed by atoms with van der Waals surface area (Å²) in [6.45, 7) is 8.31. The number of hydrogen-bond donors (Lipinski definition) is 2. The van der Waals surface area contributed by atoms with Crippen LogP contribution in [-0.2, 0) is 0 Å². The van der Waals surface area contributed by atoms with E-state index in [2.05, 4.69) is 18.7 Å². The van der Waals surface area contributed by atoms with Crippen molar-refractivity contribution in [2.75, 3.05) is 13.1 Å². The second-order valence-electron chi connectivity index (χ2n) is 4.71. The number of aliphatic hydroxyl groups is 1. The SMILES string of the molecule is CC(N)C(C)N1CCC(C(C)O)CC1. The van der Waals surface area contributed by atoms with E-state index in [0.29, 0.717) is 12.0 Å². The number of aliphatic hydroxyl groups excluding tert-OH is 1. The molecule has 14 heavy (non-hydrogen) atoms. The van der Waals surface area contributed by atoms with E-state index in [1.54, 1.807) is 0 Å². The van der Waals surface area contributed by atoms with Crippen LogP contribution in [0, 0.1) is 5.92 Å². The molecular weight excluding hydrogens is 176 g/mol. The molecule has 0 bridgehead atoms. The molecule has 0 saturated carbocycles. The molecule has 0 amide bonds. The average Bonchev–Trinajstić information content (AvgIpc) is 2.16. The zero-order valence-electron chi connectivity index (χ0n) is 9.61. The van der Waals surface area contributed by atoms with Crippen molar-refractivity contribution in [3.63, 3.8) is 0 Å². The zero-order chi connectivity index (χ0) is 10.7. The predicted molar refractivity (Wildman–Crippen MR) is 59.1 cm³/mol. The third-order valence-corrected chi connectivity index (χ3v) is 3.59. The monoisotopic (exact) mass is 200 g/mol. The lowest BCUT2D eigenvalue weighted by Gasteiger charge is -2.38. The van der Waals surface area contributed by atoms with Gasteiger partial charge in [0.05, 0.1) is 6.10 Å². The molecule has 1 rings (SSSR count). The second-order valence-corrected chi connectivity index (χ2v) is 4.71. The molecule has 84 valence electrons. The minimum atomic E-state index is -0.150. The van der Waals surface area contributed by atoms with Gasteiger partial charge in [-0.2, -0.15) is 0 Å². The van der Waals surface area contributed by atoms with Crippen LogP contribution in [-0.4, -0.2) is 41.3 Å². The highest BCUT2D eigenvalue weighted by molar-refractivity contribution is 4.81. The van der Waals surface area contributed by atoms with E-state index in [1.807, 2.05) is 6.92 Å². The quantitative estimate of drug-likeness (QED) is 0.709. The molecule has 1 saturated heterocycles. The number of rotatable bonds is 3. The van der Waals surface area contributed by atoms with E-state index < -0.39 is 0 Å². The Labute approximate surface area is 87.3 Å². The Bertz CT molecular complexity index is 163. The van der Waals surface area contributed by atoms with E-state index in [4.69, 9.17) is 5.73 Å². The van der Waals surface area contributed by atoms with Gasteiger partial charge in [0.15, 0.2) is 0 Å². The maximum atomic E-state index is 9.47. The lowest BCUT2D eigenvalue weighted by molar-refractivity contribution is 0.0551. The van der Waals surface area contributed by atoms with Gasteiger partial charge in [0.1, 0.15) is 0 Å². The van der Waals surface area contributed by atoms with Crippen molar-refractivity contribution in [2.24, 2.45) is 11.7 Å². The number of piperidine rings is 1. The number of nitrogens with zero attached hydrogens (tertiary/aromatic N) is 1. The summed E-state index contributed by atoms with van der Waals surface area (Å²) in [5, 5.41) is 9.47. The van der Waals surface area contributed by atoms with Gasteiger partial charge in [0.2, 0.25) is 0 Å². The summed E-state index contributed by atoms with van der Waals surface area (Å²) in [5.74, 6) is 0.492. The summed E-state index contributed by atoms with van der Waals surface area (Å²) in [6, 6.07) is 0.697. The molecular formula is C11H24N2O. The molecule has 0 aromatic heterocycles. The van der Waals surface area contributed by atoms with Crippen molar-refractivity contribution < 1.29 is 5.11 Å². The maximum absolute atomic E-state index is 9.47. The van der Waals surface area contributed by atoms with Crippen LogP contribution in [0.2, 0.25) is 0 Å². The molecule has 0 aliphatic carbocycles. The van der Waals surface area contributed by atoms with Crippen molar-refractivity contribution >= 4 is 0 Å². The fourth-order valence-corrected chi connectivity index (χ4v) is 2.14. The van der Waals surface area contributed by atoms with Crippen LogP contribution in [0.25, 0.3) is 0 Å². The van der Waals surface area contributed by atoms with Gasteiger partial charge in [-0.15, -0.1) is 0 Å². The smallest absolute Gasteiger partial charge is 0.0541 e. The fourth-order valence-electron chi connectivity index (χ4n) is 2.14. The minimum Gasteiger partial charge on any atom is -0.393 e. The van der Waals surface area contributed by atoms with Crippen LogP contribution in [0.5, 0.6) is 0 Å². The highest BCUT2D eigenvalue weighted by atomic mass is 16.3. The van der Waals surface area contributed by atoms with Gasteiger partial charge in [-0.05, 0) is 52.6 Å². The topological polar surface area (TPSA) is 49.5 Å². The molecule has 1 aliphatic rings. The molecule has 0 spiro atoms. The molecule has 0 radical (unpaired) electrons. The first-order valence-corrected chi connectivity index (χ1v) is 5.70. The molecule has 3 nitrogen and oxygen atoms in total. The molecule has 1 heterocycles. The molecule has 0 aromatic carbocycles. The van der Waals surface area contributed by atoms with E-state index in [0.717, 1.165) is 25.9 Å². The highest BCUT2D eigenvalue weighted by Gasteiger charge is 2.26. The maximum Gasteiger partial charge on any atom is 0.0541 e. The van der Waals surface area contributed by atoms with Gasteiger partial charge in [0.25, 0.3) is 0 Å². The van der Waals surface area contributed by atoms with Gasteiger partial charge in [-0.3, -0.25) is 4.90 Å². The third-order valence-electron chi connectivity index (χ3n) is 3.59. The Morgan fingerprint density at radius 1 is 1.21 bits per heavy atom. The van der Waals surface area contributed by atoms with Gasteiger partial charge in [0, 0.05) is 12.1 Å². The Balaban J connectivity index is 2.35. The number of hydrogen-bond acceptors (Lipinski definition) is 3. The lowest BCUT2D eigenvalue weighted by atomic mass is 9.91. The molecule has 3 heteroatoms. The number of likely N-dealkylation sites (tertiary alicyclic amines) is 1. The average molecular weight is 200 g/mol. The third kappa shape index (κ3) is 2.94. The van der Waals surface area contributed by atoms with E-state index in [9.17, 15) is 5.11 Å². The summed E-state index contributed by atoms with van der Waals surface area (Å²) in [7, 11) is 0. The van der Waals surface area contributed by atoms with Crippen molar-refractivity contribution in [3.8, 4) is 0 Å². The van der Waals surface area contributed by atoms with Gasteiger partial charge in [-0.1, -0.05) is 0 Å². The van der Waals surface area contributed by atoms with Crippen LogP contribution in [0.1, 0.15) is 33.6 Å². The highest BCUT2D eigenvalue weighted by Crippen LogP contribution is 2.22. The van der Waals surface area contributed by atoms with Crippen LogP contribution < -0.4 is 5.73 Å². The molecule has 3 N–H and O–H groups in total. The van der Waals surface area contributed by atoms with Crippen LogP contribution in [0.4, 0.5) is 0 Å². The van der Waals surface area contributed by atoms with Crippen LogP contribution >= 0.6 is 0 Å². The Morgan fingerprint density at radius 2 is 1.71 bits per heavy atom. The van der Waals surface area contributed by atoms with Gasteiger partial charge >= 0.3 is 0 Å². The van der Waals surface area contributed by atoms with Crippen molar-refractivity contribution in [2.45, 2.75) is 51.8 Å². The van der Waals surface area contributed by atoms with E-state index in [1.165, 1.54) is 0 Å². The van der Waals surface area contributed by atoms with Crippen molar-refractivity contribution in [1.82, 2.24) is 4.90 Å². The molecule has 3 unspecified atom stereocenters. The van der Waals surface area contributed by atoms with Gasteiger partial charge in [-0.25, -0.2) is 0 Å². The number of nitrogens with two attached hydrogens (primary N) is 1.